The van der Waals surface area contributed by atoms with E-state index >= 15 is 0 Å². The molecule has 0 amide bonds. The lowest BCUT2D eigenvalue weighted by Crippen LogP contribution is -2.38. The zero-order valence-electron chi connectivity index (χ0n) is 25.4. The largest absolute Gasteiger partial charge is 0.508 e. The summed E-state index contributed by atoms with van der Waals surface area (Å²) < 4.78 is 62.9. The zero-order valence-corrected chi connectivity index (χ0v) is 26.2. The smallest absolute Gasteiger partial charge is 0.453 e. The number of fused-ring (bicyclic) bond motifs is 1. The maximum Gasteiger partial charge on any atom is 0.453 e. The van der Waals surface area contributed by atoms with Crippen LogP contribution in [0.25, 0.3) is 0 Å². The molecule has 0 fully saturated rings. The second-order valence-corrected chi connectivity index (χ2v) is 13.2. The Morgan fingerprint density at radius 1 is 0.864 bits per heavy atom. The van der Waals surface area contributed by atoms with Crippen molar-refractivity contribution in [1.29, 1.82) is 0 Å². The van der Waals surface area contributed by atoms with Crippen molar-refractivity contribution in [3.8, 4) is 11.5 Å². The predicted molar refractivity (Wildman–Crippen MR) is 164 cm³/mol. The van der Waals surface area contributed by atoms with Crippen molar-refractivity contribution < 1.29 is 42.1 Å². The number of unbranched alkanes of at least 4 members (excludes halogenated alkanes) is 7. The number of aromatic hydroxyl groups is 2. The van der Waals surface area contributed by atoms with Gasteiger partial charge in [-0.1, -0.05) is 76.5 Å². The fourth-order valence-corrected chi connectivity index (χ4v) is 8.06. The molecule has 44 heavy (non-hydrogen) atoms. The molecule has 0 aliphatic carbocycles. The van der Waals surface area contributed by atoms with Crippen LogP contribution in [0, 0.1) is 5.92 Å². The van der Waals surface area contributed by atoms with Crippen molar-refractivity contribution in [3.05, 3.63) is 53.6 Å². The Morgan fingerprint density at radius 3 is 2.02 bits per heavy atom. The molecule has 10 heteroatoms. The van der Waals surface area contributed by atoms with Gasteiger partial charge in [0.25, 0.3) is 0 Å². The summed E-state index contributed by atoms with van der Waals surface area (Å²) in [6.45, 7) is 2.21. The number of phenols is 2. The molecule has 0 saturated carbocycles. The second kappa shape index (κ2) is 16.2. The van der Waals surface area contributed by atoms with Crippen LogP contribution in [-0.2, 0) is 10.2 Å². The van der Waals surface area contributed by atoms with Crippen LogP contribution in [0.2, 0.25) is 0 Å². The summed E-state index contributed by atoms with van der Waals surface area (Å²) in [5.41, 5.74) is 2.37. The molecule has 0 spiro atoms. The lowest BCUT2D eigenvalue weighted by Gasteiger charge is -2.45. The topological polar surface area (TPSA) is 77.8 Å². The van der Waals surface area contributed by atoms with Gasteiger partial charge in [-0.3, -0.25) is 4.79 Å². The Kier molecular flexibility index (Phi) is 13.2. The van der Waals surface area contributed by atoms with E-state index in [0.29, 0.717) is 12.8 Å². The number of aliphatic carboxylic acids is 1. The van der Waals surface area contributed by atoms with Gasteiger partial charge in [0, 0.05) is 22.5 Å². The third-order valence-corrected chi connectivity index (χ3v) is 10.5. The lowest BCUT2D eigenvalue weighted by atomic mass is 9.65. The number of thioether (sulfide) groups is 1. The molecule has 2 aromatic carbocycles. The number of rotatable bonds is 18. The molecule has 1 unspecified atom stereocenters. The fraction of sp³-hybridized carbons (Fsp3) is 0.618. The second-order valence-electron chi connectivity index (χ2n) is 12.2. The first-order chi connectivity index (χ1) is 20.8. The first-order valence-corrected chi connectivity index (χ1v) is 16.7. The molecule has 1 heterocycles. The Labute approximate surface area is 261 Å². The highest BCUT2D eigenvalue weighted by Crippen LogP contribution is 2.54. The van der Waals surface area contributed by atoms with Gasteiger partial charge in [-0.25, -0.2) is 0 Å². The normalized spacial score (nSPS) is 19.5. The van der Waals surface area contributed by atoms with Crippen molar-refractivity contribution in [2.24, 2.45) is 5.92 Å². The van der Waals surface area contributed by atoms with Crippen LogP contribution < -0.4 is 0 Å². The molecule has 0 bridgehead atoms. The van der Waals surface area contributed by atoms with E-state index in [4.69, 9.17) is 0 Å². The van der Waals surface area contributed by atoms with Crippen LogP contribution in [0.3, 0.4) is 0 Å². The number of carboxylic acid groups (broad SMARTS) is 1. The summed E-state index contributed by atoms with van der Waals surface area (Å²) in [6, 6.07) is 13.2. The molecular formula is C34H45F5O4S. The summed E-state index contributed by atoms with van der Waals surface area (Å²) in [7, 11) is 0. The van der Waals surface area contributed by atoms with E-state index in [9.17, 15) is 42.1 Å². The summed E-state index contributed by atoms with van der Waals surface area (Å²) in [5.74, 6) is -4.59. The predicted octanol–water partition coefficient (Wildman–Crippen LogP) is 10.6. The van der Waals surface area contributed by atoms with E-state index in [1.165, 1.54) is 11.1 Å². The van der Waals surface area contributed by atoms with Crippen molar-refractivity contribution in [2.75, 3.05) is 5.75 Å². The van der Waals surface area contributed by atoms with E-state index < -0.39 is 30.4 Å². The maximum atomic E-state index is 13.0. The maximum absolute atomic E-state index is 13.0. The lowest BCUT2D eigenvalue weighted by molar-refractivity contribution is -0.284. The number of alkyl halides is 5. The number of carboxylic acids is 1. The van der Waals surface area contributed by atoms with Gasteiger partial charge in [0.2, 0.25) is 0 Å². The highest BCUT2D eigenvalue weighted by atomic mass is 32.2. The van der Waals surface area contributed by atoms with Crippen molar-refractivity contribution in [3.63, 3.8) is 0 Å². The standard InChI is InChI=1S/C34H45F5O4S/c1-2-32(25-15-17-26(40)18-16-25)23-44-30-22-27(41)19-20-28(30)29(32)14-10-6-4-3-5-8-12-24(31(42)43)13-9-7-11-21-33(35,36)34(37,38)39/h15-20,22,24,29,40-41H,2-14,21,23H2,1H3,(H,42,43)/t24?,29-,32-/m1/s1. The molecular weight excluding hydrogens is 599 g/mol. The Balaban J connectivity index is 1.43. The van der Waals surface area contributed by atoms with Gasteiger partial charge in [-0.2, -0.15) is 22.0 Å². The van der Waals surface area contributed by atoms with E-state index in [0.717, 1.165) is 62.0 Å². The summed E-state index contributed by atoms with van der Waals surface area (Å²) >= 11 is 1.77. The first kappa shape index (κ1) is 36.0. The number of phenolic OH excluding ortho intramolecular Hbond substituents is 2. The molecule has 3 rings (SSSR count). The van der Waals surface area contributed by atoms with Gasteiger partial charge < -0.3 is 15.3 Å². The molecule has 1 aliphatic heterocycles. The van der Waals surface area contributed by atoms with E-state index in [1.807, 2.05) is 24.3 Å². The number of benzene rings is 2. The number of hydrogen-bond acceptors (Lipinski definition) is 4. The van der Waals surface area contributed by atoms with Crippen LogP contribution in [0.1, 0.15) is 114 Å². The van der Waals surface area contributed by atoms with Crippen LogP contribution >= 0.6 is 11.8 Å². The summed E-state index contributed by atoms with van der Waals surface area (Å²) in [4.78, 5) is 12.7. The summed E-state index contributed by atoms with van der Waals surface area (Å²) in [5, 5.41) is 29.5. The minimum atomic E-state index is -5.55. The van der Waals surface area contributed by atoms with Gasteiger partial charge >= 0.3 is 18.1 Å². The van der Waals surface area contributed by atoms with E-state index in [-0.39, 0.29) is 42.1 Å². The monoisotopic (exact) mass is 644 g/mol. The third-order valence-electron chi connectivity index (χ3n) is 9.20. The van der Waals surface area contributed by atoms with Crippen LogP contribution in [-0.4, -0.2) is 39.1 Å². The Bertz CT molecular complexity index is 1190. The average molecular weight is 645 g/mol. The quantitative estimate of drug-likeness (QED) is 0.111. The molecule has 0 saturated heterocycles. The first-order valence-electron chi connectivity index (χ1n) is 15.7. The molecule has 4 nitrogen and oxygen atoms in total. The minimum Gasteiger partial charge on any atom is -0.508 e. The molecule has 1 aliphatic rings. The van der Waals surface area contributed by atoms with Gasteiger partial charge in [-0.15, -0.1) is 11.8 Å². The van der Waals surface area contributed by atoms with Crippen LogP contribution in [0.5, 0.6) is 11.5 Å². The Hall–Kier alpha value is -2.49. The molecule has 0 aromatic heterocycles. The molecule has 0 radical (unpaired) electrons. The van der Waals surface area contributed by atoms with Crippen molar-refractivity contribution >= 4 is 17.7 Å². The van der Waals surface area contributed by atoms with Gasteiger partial charge in [0.05, 0.1) is 5.92 Å². The summed E-state index contributed by atoms with van der Waals surface area (Å²) in [6.07, 6.45) is 1.74. The number of halogens is 5. The Morgan fingerprint density at radius 2 is 1.43 bits per heavy atom. The molecule has 246 valence electrons. The van der Waals surface area contributed by atoms with Crippen molar-refractivity contribution in [2.45, 2.75) is 125 Å². The molecule has 3 N–H and O–H groups in total. The fourth-order valence-electron chi connectivity index (χ4n) is 6.50. The van der Waals surface area contributed by atoms with Crippen LogP contribution in [0.4, 0.5) is 22.0 Å². The van der Waals surface area contributed by atoms with Crippen LogP contribution in [0.15, 0.2) is 47.4 Å². The van der Waals surface area contributed by atoms with Gasteiger partial charge in [0.1, 0.15) is 11.5 Å². The SMILES string of the molecule is CC[C@]1(c2ccc(O)cc2)CSc2cc(O)ccc2[C@H]1CCCCCCCCC(CCCCCC(F)(F)C(F)(F)F)C(=O)O. The van der Waals surface area contributed by atoms with Crippen molar-refractivity contribution in [1.82, 2.24) is 0 Å². The highest BCUT2D eigenvalue weighted by Gasteiger charge is 2.56. The minimum absolute atomic E-state index is 0.0899. The third kappa shape index (κ3) is 9.51. The highest BCUT2D eigenvalue weighted by molar-refractivity contribution is 7.99. The van der Waals surface area contributed by atoms with Gasteiger partial charge in [-0.05, 0) is 73.4 Å². The number of hydrogen-bond donors (Lipinski definition) is 3. The molecule has 2 aromatic rings. The average Bonchev–Trinajstić information content (AvgIpc) is 2.96. The van der Waals surface area contributed by atoms with Gasteiger partial charge in [0.15, 0.2) is 0 Å². The number of carbonyl (C=O) groups is 1. The molecule has 3 atom stereocenters. The zero-order chi connectivity index (χ0) is 32.4. The van der Waals surface area contributed by atoms with E-state index in [1.54, 1.807) is 30.0 Å². The van der Waals surface area contributed by atoms with E-state index in [2.05, 4.69) is 6.92 Å².